The Morgan fingerprint density at radius 1 is 0.806 bits per heavy atom. The Labute approximate surface area is 183 Å². The molecule has 4 nitrogen and oxygen atoms in total. The van der Waals surface area contributed by atoms with Gasteiger partial charge in [0, 0.05) is 0 Å². The fourth-order valence-corrected chi connectivity index (χ4v) is 10.4. The minimum atomic E-state index is -3.25. The fourth-order valence-electron chi connectivity index (χ4n) is 5.83. The second-order valence-corrected chi connectivity index (χ2v) is 14.4. The van der Waals surface area contributed by atoms with Crippen LogP contribution in [0.3, 0.4) is 0 Å². The summed E-state index contributed by atoms with van der Waals surface area (Å²) in [6.07, 6.45) is 3.70. The molecule has 4 rings (SSSR count). The number of allylic oxidation sites excluding steroid dienone is 2. The number of fused-ring (bicyclic) bond motifs is 2. The van der Waals surface area contributed by atoms with Crippen molar-refractivity contribution in [3.63, 3.8) is 0 Å². The molecule has 0 heterocycles. The first kappa shape index (κ1) is 21.3. The SMILES string of the molecule is CC1=CC(C(=O)O)([Si](C)(C)C2(C(=O)O)C=C(C(C)C)c3ccccc32)c2ccccc21. The first-order valence-corrected chi connectivity index (χ1v) is 13.6. The van der Waals surface area contributed by atoms with Crippen molar-refractivity contribution in [1.29, 1.82) is 0 Å². The predicted octanol–water partition coefficient (Wildman–Crippen LogP) is 5.29. The Bertz CT molecular complexity index is 1170. The summed E-state index contributed by atoms with van der Waals surface area (Å²) in [5, 5.41) is 18.8. The molecule has 0 fully saturated rings. The van der Waals surface area contributed by atoms with E-state index in [1.165, 1.54) is 0 Å². The lowest BCUT2D eigenvalue weighted by Crippen LogP contribution is -2.68. The molecule has 0 saturated heterocycles. The van der Waals surface area contributed by atoms with E-state index in [0.717, 1.165) is 27.8 Å². The van der Waals surface area contributed by atoms with E-state index in [4.69, 9.17) is 0 Å². The zero-order valence-corrected chi connectivity index (χ0v) is 19.6. The van der Waals surface area contributed by atoms with E-state index < -0.39 is 30.1 Å². The van der Waals surface area contributed by atoms with Gasteiger partial charge in [-0.25, -0.2) is 0 Å². The highest BCUT2D eigenvalue weighted by molar-refractivity contribution is 6.90. The Hall–Kier alpha value is -2.92. The van der Waals surface area contributed by atoms with Crippen LogP contribution < -0.4 is 0 Å². The van der Waals surface area contributed by atoms with E-state index in [1.54, 1.807) is 0 Å². The van der Waals surface area contributed by atoms with Crippen LogP contribution in [0.1, 0.15) is 43.0 Å². The van der Waals surface area contributed by atoms with Crippen LogP contribution in [0.25, 0.3) is 11.1 Å². The highest BCUT2D eigenvalue weighted by Gasteiger charge is 2.68. The molecule has 2 aromatic rings. The summed E-state index contributed by atoms with van der Waals surface area (Å²) in [4.78, 5) is 26.3. The highest BCUT2D eigenvalue weighted by Crippen LogP contribution is 2.57. The fraction of sp³-hybridized carbons (Fsp3) is 0.308. The Morgan fingerprint density at radius 2 is 1.26 bits per heavy atom. The van der Waals surface area contributed by atoms with Crippen molar-refractivity contribution in [1.82, 2.24) is 0 Å². The normalized spacial score (nSPS) is 24.5. The summed E-state index contributed by atoms with van der Waals surface area (Å²) in [5.41, 5.74) is 5.11. The number of benzene rings is 2. The van der Waals surface area contributed by atoms with Crippen LogP contribution in [0.15, 0.2) is 60.7 Å². The molecule has 0 saturated carbocycles. The summed E-state index contributed by atoms with van der Waals surface area (Å²) in [6, 6.07) is 15.1. The monoisotopic (exact) mass is 432 g/mol. The lowest BCUT2D eigenvalue weighted by atomic mass is 9.96. The summed E-state index contributed by atoms with van der Waals surface area (Å²) in [6.45, 7) is 9.88. The van der Waals surface area contributed by atoms with Gasteiger partial charge in [-0.05, 0) is 46.2 Å². The topological polar surface area (TPSA) is 74.6 Å². The van der Waals surface area contributed by atoms with Gasteiger partial charge in [0.05, 0.1) is 0 Å². The van der Waals surface area contributed by atoms with Gasteiger partial charge in [0.1, 0.15) is 18.2 Å². The molecule has 5 heteroatoms. The highest BCUT2D eigenvalue weighted by atomic mass is 28.3. The average molecular weight is 433 g/mol. The summed E-state index contributed by atoms with van der Waals surface area (Å²) in [7, 11) is -3.25. The van der Waals surface area contributed by atoms with E-state index >= 15 is 0 Å². The summed E-state index contributed by atoms with van der Waals surface area (Å²) >= 11 is 0. The van der Waals surface area contributed by atoms with Gasteiger partial charge in [-0.2, -0.15) is 0 Å². The van der Waals surface area contributed by atoms with Gasteiger partial charge < -0.3 is 10.2 Å². The van der Waals surface area contributed by atoms with E-state index in [0.29, 0.717) is 5.56 Å². The molecular formula is C26H28O4Si. The molecule has 2 unspecified atom stereocenters. The number of hydrogen-bond donors (Lipinski definition) is 2. The number of aliphatic carboxylic acids is 2. The van der Waals surface area contributed by atoms with Crippen molar-refractivity contribution >= 4 is 31.2 Å². The maximum absolute atomic E-state index is 13.2. The van der Waals surface area contributed by atoms with Gasteiger partial charge in [0.25, 0.3) is 0 Å². The van der Waals surface area contributed by atoms with Crippen LogP contribution in [0.4, 0.5) is 0 Å². The molecule has 0 aromatic heterocycles. The number of carbonyl (C=O) groups is 2. The van der Waals surface area contributed by atoms with Gasteiger partial charge in [-0.15, -0.1) is 0 Å². The zero-order chi connectivity index (χ0) is 22.8. The lowest BCUT2D eigenvalue weighted by molar-refractivity contribution is -0.140. The van der Waals surface area contributed by atoms with E-state index in [2.05, 4.69) is 13.8 Å². The Balaban J connectivity index is 2.12. The third kappa shape index (κ3) is 2.47. The smallest absolute Gasteiger partial charge is 0.315 e. The summed E-state index contributed by atoms with van der Waals surface area (Å²) in [5.74, 6) is -1.82. The van der Waals surface area contributed by atoms with Crippen LogP contribution in [0.5, 0.6) is 0 Å². The van der Waals surface area contributed by atoms with Crippen molar-refractivity contribution in [2.45, 2.75) is 43.9 Å². The van der Waals surface area contributed by atoms with Gasteiger partial charge in [0.15, 0.2) is 0 Å². The molecule has 2 aromatic carbocycles. The van der Waals surface area contributed by atoms with Crippen LogP contribution in [-0.4, -0.2) is 30.2 Å². The summed E-state index contributed by atoms with van der Waals surface area (Å²) < 4.78 is 0. The molecule has 2 aliphatic carbocycles. The van der Waals surface area contributed by atoms with Crippen LogP contribution in [0, 0.1) is 5.92 Å². The van der Waals surface area contributed by atoms with Crippen molar-refractivity contribution in [3.05, 3.63) is 82.9 Å². The third-order valence-electron chi connectivity index (χ3n) is 7.51. The second-order valence-electron chi connectivity index (χ2n) is 9.52. The van der Waals surface area contributed by atoms with Crippen LogP contribution in [0.2, 0.25) is 13.1 Å². The number of carboxylic acid groups (broad SMARTS) is 2. The van der Waals surface area contributed by atoms with Gasteiger partial charge >= 0.3 is 11.9 Å². The lowest BCUT2D eigenvalue weighted by Gasteiger charge is -2.48. The van der Waals surface area contributed by atoms with Crippen molar-refractivity contribution < 1.29 is 19.8 Å². The second kappa shape index (κ2) is 6.79. The number of carboxylic acids is 2. The minimum absolute atomic E-state index is 0.126. The molecule has 0 radical (unpaired) electrons. The number of rotatable bonds is 5. The quantitative estimate of drug-likeness (QED) is 0.630. The van der Waals surface area contributed by atoms with Gasteiger partial charge in [-0.3, -0.25) is 9.59 Å². The predicted molar refractivity (Wildman–Crippen MR) is 125 cm³/mol. The Kier molecular flexibility index (Phi) is 4.67. The van der Waals surface area contributed by atoms with Crippen molar-refractivity contribution in [2.75, 3.05) is 0 Å². The van der Waals surface area contributed by atoms with Gasteiger partial charge in [-0.1, -0.05) is 87.6 Å². The average Bonchev–Trinajstić information content (AvgIpc) is 3.24. The molecule has 2 N–H and O–H groups in total. The molecule has 0 spiro atoms. The molecule has 31 heavy (non-hydrogen) atoms. The van der Waals surface area contributed by atoms with Crippen LogP contribution >= 0.6 is 0 Å². The van der Waals surface area contributed by atoms with E-state index in [1.807, 2.05) is 80.7 Å². The largest absolute Gasteiger partial charge is 0.481 e. The standard InChI is InChI=1S/C26H28O4Si/c1-16(2)20-15-26(24(29)30,22-13-9-7-11-19(20)22)31(4,5)25(23(27)28)14-17(3)18-10-6-8-12-21(18)25/h6-16H,1-5H3,(H,27,28)(H,29,30). The minimum Gasteiger partial charge on any atom is -0.481 e. The molecule has 0 amide bonds. The molecule has 0 aliphatic heterocycles. The maximum atomic E-state index is 13.2. The van der Waals surface area contributed by atoms with Crippen molar-refractivity contribution in [3.8, 4) is 0 Å². The van der Waals surface area contributed by atoms with E-state index in [-0.39, 0.29) is 5.92 Å². The third-order valence-corrected chi connectivity index (χ3v) is 12.7. The first-order chi connectivity index (χ1) is 14.5. The van der Waals surface area contributed by atoms with E-state index in [9.17, 15) is 19.8 Å². The number of hydrogen-bond acceptors (Lipinski definition) is 2. The van der Waals surface area contributed by atoms with Gasteiger partial charge in [0.2, 0.25) is 0 Å². The van der Waals surface area contributed by atoms with Crippen molar-refractivity contribution in [2.24, 2.45) is 5.92 Å². The first-order valence-electron chi connectivity index (χ1n) is 10.6. The Morgan fingerprint density at radius 3 is 1.77 bits per heavy atom. The molecule has 2 atom stereocenters. The molecular weight excluding hydrogens is 404 g/mol. The molecule has 160 valence electrons. The maximum Gasteiger partial charge on any atom is 0.315 e. The molecule has 2 aliphatic rings. The zero-order valence-electron chi connectivity index (χ0n) is 18.6. The van der Waals surface area contributed by atoms with Crippen LogP contribution in [-0.2, 0) is 19.7 Å². The molecule has 0 bridgehead atoms.